The SMILES string of the molecule is COCC(N)Cc1nc(-c2cc(Br)cs2)no1. The lowest BCUT2D eigenvalue weighted by Crippen LogP contribution is -2.28. The second-order valence-corrected chi connectivity index (χ2v) is 5.39. The first-order valence-corrected chi connectivity index (χ1v) is 6.68. The first kappa shape index (κ1) is 12.7. The fraction of sp³-hybridized carbons (Fsp3) is 0.400. The number of ether oxygens (including phenoxy) is 1. The summed E-state index contributed by atoms with van der Waals surface area (Å²) in [4.78, 5) is 5.26. The van der Waals surface area contributed by atoms with Crippen LogP contribution in [0, 0.1) is 0 Å². The Bertz CT molecular complexity index is 485. The smallest absolute Gasteiger partial charge is 0.228 e. The van der Waals surface area contributed by atoms with Crippen molar-refractivity contribution in [1.29, 1.82) is 0 Å². The Balaban J connectivity index is 2.05. The van der Waals surface area contributed by atoms with Gasteiger partial charge in [0.1, 0.15) is 0 Å². The number of hydrogen-bond donors (Lipinski definition) is 1. The van der Waals surface area contributed by atoms with Crippen molar-refractivity contribution in [3.8, 4) is 10.7 Å². The monoisotopic (exact) mass is 317 g/mol. The zero-order valence-corrected chi connectivity index (χ0v) is 11.6. The fourth-order valence-corrected chi connectivity index (χ4v) is 2.72. The van der Waals surface area contributed by atoms with Gasteiger partial charge in [0, 0.05) is 29.4 Å². The lowest BCUT2D eigenvalue weighted by Gasteiger charge is -2.05. The highest BCUT2D eigenvalue weighted by atomic mass is 79.9. The molecule has 0 aliphatic heterocycles. The Kier molecular flexibility index (Phi) is 4.27. The van der Waals surface area contributed by atoms with Crippen LogP contribution < -0.4 is 5.73 Å². The fourth-order valence-electron chi connectivity index (χ4n) is 1.37. The Labute approximate surface area is 111 Å². The normalized spacial score (nSPS) is 12.9. The van der Waals surface area contributed by atoms with Gasteiger partial charge in [-0.3, -0.25) is 0 Å². The van der Waals surface area contributed by atoms with E-state index in [0.717, 1.165) is 9.35 Å². The average molecular weight is 318 g/mol. The van der Waals surface area contributed by atoms with E-state index in [0.29, 0.717) is 24.7 Å². The molecule has 0 radical (unpaired) electrons. The maximum Gasteiger partial charge on any atom is 0.228 e. The van der Waals surface area contributed by atoms with Crippen LogP contribution in [0.5, 0.6) is 0 Å². The van der Waals surface area contributed by atoms with Crippen LogP contribution in [0.25, 0.3) is 10.7 Å². The molecule has 5 nitrogen and oxygen atoms in total. The number of thiophene rings is 1. The van der Waals surface area contributed by atoms with E-state index in [1.165, 1.54) is 0 Å². The molecule has 92 valence electrons. The van der Waals surface area contributed by atoms with Crippen molar-refractivity contribution < 1.29 is 9.26 Å². The van der Waals surface area contributed by atoms with E-state index < -0.39 is 0 Å². The van der Waals surface area contributed by atoms with Gasteiger partial charge in [-0.25, -0.2) is 0 Å². The van der Waals surface area contributed by atoms with Crippen LogP contribution in [0.4, 0.5) is 0 Å². The Morgan fingerprint density at radius 1 is 1.65 bits per heavy atom. The first-order chi connectivity index (χ1) is 8.19. The van der Waals surface area contributed by atoms with Crippen molar-refractivity contribution in [3.05, 3.63) is 21.8 Å². The summed E-state index contributed by atoms with van der Waals surface area (Å²) in [6.07, 6.45) is 0.521. The zero-order chi connectivity index (χ0) is 12.3. The minimum Gasteiger partial charge on any atom is -0.383 e. The molecule has 1 atom stereocenters. The zero-order valence-electron chi connectivity index (χ0n) is 9.22. The third-order valence-corrected chi connectivity index (χ3v) is 3.76. The van der Waals surface area contributed by atoms with Crippen molar-refractivity contribution in [1.82, 2.24) is 10.1 Å². The highest BCUT2D eigenvalue weighted by molar-refractivity contribution is 9.10. The Morgan fingerprint density at radius 2 is 2.47 bits per heavy atom. The van der Waals surface area contributed by atoms with Crippen molar-refractivity contribution >= 4 is 27.3 Å². The maximum absolute atomic E-state index is 5.81. The number of rotatable bonds is 5. The molecule has 2 rings (SSSR count). The molecule has 0 aliphatic carbocycles. The van der Waals surface area contributed by atoms with Crippen LogP contribution >= 0.6 is 27.3 Å². The molecule has 0 saturated heterocycles. The summed E-state index contributed by atoms with van der Waals surface area (Å²) in [5.74, 6) is 1.13. The van der Waals surface area contributed by atoms with E-state index >= 15 is 0 Å². The first-order valence-electron chi connectivity index (χ1n) is 5.00. The molecule has 2 N–H and O–H groups in total. The molecule has 0 spiro atoms. The van der Waals surface area contributed by atoms with Crippen LogP contribution in [-0.4, -0.2) is 29.9 Å². The summed E-state index contributed by atoms with van der Waals surface area (Å²) in [6.45, 7) is 0.474. The van der Waals surface area contributed by atoms with E-state index in [4.69, 9.17) is 15.0 Å². The summed E-state index contributed by atoms with van der Waals surface area (Å²) in [5.41, 5.74) is 5.81. The van der Waals surface area contributed by atoms with Crippen molar-refractivity contribution in [2.75, 3.05) is 13.7 Å². The van der Waals surface area contributed by atoms with Crippen LogP contribution in [0.2, 0.25) is 0 Å². The van der Waals surface area contributed by atoms with Gasteiger partial charge in [-0.15, -0.1) is 11.3 Å². The Morgan fingerprint density at radius 3 is 3.12 bits per heavy atom. The predicted molar refractivity (Wildman–Crippen MR) is 68.9 cm³/mol. The molecule has 0 bridgehead atoms. The number of nitrogens with two attached hydrogens (primary N) is 1. The summed E-state index contributed by atoms with van der Waals surface area (Å²) < 4.78 is 11.1. The van der Waals surface area contributed by atoms with Gasteiger partial charge in [0.2, 0.25) is 11.7 Å². The molecule has 0 fully saturated rings. The molecule has 0 amide bonds. The highest BCUT2D eigenvalue weighted by Gasteiger charge is 2.13. The maximum atomic E-state index is 5.81. The molecule has 2 aromatic heterocycles. The van der Waals surface area contributed by atoms with E-state index in [1.807, 2.05) is 11.4 Å². The number of halogens is 1. The van der Waals surface area contributed by atoms with Crippen molar-refractivity contribution in [2.24, 2.45) is 5.73 Å². The van der Waals surface area contributed by atoms with Gasteiger partial charge in [0.15, 0.2) is 0 Å². The van der Waals surface area contributed by atoms with E-state index in [9.17, 15) is 0 Å². The van der Waals surface area contributed by atoms with E-state index in [-0.39, 0.29) is 6.04 Å². The molecule has 0 aromatic carbocycles. The largest absolute Gasteiger partial charge is 0.383 e. The standard InChI is InChI=1S/C10H12BrN3O2S/c1-15-4-7(12)3-9-13-10(14-16-9)8-2-6(11)5-17-8/h2,5,7H,3-4,12H2,1H3. The molecule has 17 heavy (non-hydrogen) atoms. The minimum absolute atomic E-state index is 0.122. The number of nitrogens with zero attached hydrogens (tertiary/aromatic N) is 2. The quantitative estimate of drug-likeness (QED) is 0.913. The summed E-state index contributed by atoms with van der Waals surface area (Å²) in [6, 6.07) is 1.83. The average Bonchev–Trinajstić information content (AvgIpc) is 2.87. The molecule has 1 unspecified atom stereocenters. The third-order valence-electron chi connectivity index (χ3n) is 2.07. The number of aromatic nitrogens is 2. The van der Waals surface area contributed by atoms with Gasteiger partial charge in [-0.05, 0) is 22.0 Å². The third kappa shape index (κ3) is 3.35. The Hall–Kier alpha value is -0.760. The molecule has 2 heterocycles. The summed E-state index contributed by atoms with van der Waals surface area (Å²) in [7, 11) is 1.61. The van der Waals surface area contributed by atoms with E-state index in [1.54, 1.807) is 18.4 Å². The molecule has 7 heteroatoms. The topological polar surface area (TPSA) is 74.2 Å². The van der Waals surface area contributed by atoms with E-state index in [2.05, 4.69) is 26.1 Å². The van der Waals surface area contributed by atoms with Crippen molar-refractivity contribution in [2.45, 2.75) is 12.5 Å². The summed E-state index contributed by atoms with van der Waals surface area (Å²) in [5, 5.41) is 5.89. The number of hydrogen-bond acceptors (Lipinski definition) is 6. The van der Waals surface area contributed by atoms with Crippen LogP contribution in [-0.2, 0) is 11.2 Å². The number of methoxy groups -OCH3 is 1. The molecular weight excluding hydrogens is 306 g/mol. The van der Waals surface area contributed by atoms with Gasteiger partial charge in [0.25, 0.3) is 0 Å². The lowest BCUT2D eigenvalue weighted by molar-refractivity contribution is 0.176. The van der Waals surface area contributed by atoms with Crippen LogP contribution in [0.15, 0.2) is 20.4 Å². The second-order valence-electron chi connectivity index (χ2n) is 3.56. The minimum atomic E-state index is -0.122. The van der Waals surface area contributed by atoms with Crippen LogP contribution in [0.3, 0.4) is 0 Å². The molecule has 0 saturated carbocycles. The molecular formula is C10H12BrN3O2S. The van der Waals surface area contributed by atoms with Crippen molar-refractivity contribution in [3.63, 3.8) is 0 Å². The van der Waals surface area contributed by atoms with Gasteiger partial charge in [-0.2, -0.15) is 4.98 Å². The van der Waals surface area contributed by atoms with Gasteiger partial charge in [0.05, 0.1) is 11.5 Å². The summed E-state index contributed by atoms with van der Waals surface area (Å²) >= 11 is 4.94. The lowest BCUT2D eigenvalue weighted by atomic mass is 10.2. The van der Waals surface area contributed by atoms with Crippen LogP contribution in [0.1, 0.15) is 5.89 Å². The predicted octanol–water partition coefficient (Wildman–Crippen LogP) is 2.08. The van der Waals surface area contributed by atoms with Gasteiger partial charge < -0.3 is 15.0 Å². The highest BCUT2D eigenvalue weighted by Crippen LogP contribution is 2.27. The molecule has 0 aliphatic rings. The second kappa shape index (κ2) is 5.72. The van der Waals surface area contributed by atoms with Gasteiger partial charge in [-0.1, -0.05) is 5.16 Å². The molecule has 2 aromatic rings. The van der Waals surface area contributed by atoms with Gasteiger partial charge >= 0.3 is 0 Å².